The number of rotatable bonds is 3. The fourth-order valence-electron chi connectivity index (χ4n) is 1.94. The summed E-state index contributed by atoms with van der Waals surface area (Å²) in [6, 6.07) is 8.32. The van der Waals surface area contributed by atoms with Gasteiger partial charge in [0.05, 0.1) is 0 Å². The van der Waals surface area contributed by atoms with Crippen LogP contribution in [0, 0.1) is 6.92 Å². The number of nitrogens with two attached hydrogens (primary N) is 1. The number of benzene rings is 1. The van der Waals surface area contributed by atoms with Crippen LogP contribution in [0.5, 0.6) is 0 Å². The molecule has 0 amide bonds. The fraction of sp³-hybridized carbons (Fsp3) is 0.286. The minimum absolute atomic E-state index is 0.557. The number of anilines is 3. The van der Waals surface area contributed by atoms with E-state index in [0.29, 0.717) is 5.82 Å². The van der Waals surface area contributed by atoms with Crippen molar-refractivity contribution in [3.05, 3.63) is 41.7 Å². The molecule has 0 fully saturated rings. The van der Waals surface area contributed by atoms with Crippen LogP contribution in [0.25, 0.3) is 0 Å². The van der Waals surface area contributed by atoms with E-state index in [4.69, 9.17) is 5.73 Å². The van der Waals surface area contributed by atoms with Crippen molar-refractivity contribution in [2.24, 2.45) is 0 Å². The lowest BCUT2D eigenvalue weighted by molar-refractivity contribution is 1.01. The Morgan fingerprint density at radius 3 is 2.44 bits per heavy atom. The Morgan fingerprint density at radius 2 is 1.83 bits per heavy atom. The summed E-state index contributed by atoms with van der Waals surface area (Å²) in [5.74, 6) is 1.43. The predicted molar refractivity (Wildman–Crippen MR) is 75.1 cm³/mol. The van der Waals surface area contributed by atoms with Crippen LogP contribution in [0.15, 0.2) is 30.6 Å². The van der Waals surface area contributed by atoms with E-state index in [9.17, 15) is 0 Å². The lowest BCUT2D eigenvalue weighted by Gasteiger charge is -2.21. The molecule has 2 rings (SSSR count). The molecule has 2 N–H and O–H groups in total. The molecular weight excluding hydrogens is 224 g/mol. The van der Waals surface area contributed by atoms with Crippen molar-refractivity contribution in [3.63, 3.8) is 0 Å². The normalized spacial score (nSPS) is 10.4. The van der Waals surface area contributed by atoms with Gasteiger partial charge in [-0.1, -0.05) is 24.6 Å². The molecule has 0 spiro atoms. The summed E-state index contributed by atoms with van der Waals surface area (Å²) in [6.45, 7) is 4.13. The zero-order valence-corrected chi connectivity index (χ0v) is 11.0. The molecule has 0 saturated heterocycles. The summed E-state index contributed by atoms with van der Waals surface area (Å²) < 4.78 is 0. The highest BCUT2D eigenvalue weighted by atomic mass is 15.2. The predicted octanol–water partition coefficient (Wildman–Crippen LogP) is 2.70. The molecule has 0 radical (unpaired) electrons. The first kappa shape index (κ1) is 12.4. The quantitative estimate of drug-likeness (QED) is 0.899. The second kappa shape index (κ2) is 5.04. The van der Waals surface area contributed by atoms with Crippen LogP contribution >= 0.6 is 0 Å². The fourth-order valence-corrected chi connectivity index (χ4v) is 1.94. The van der Waals surface area contributed by atoms with Crippen LogP contribution in [0.1, 0.15) is 18.1 Å². The zero-order valence-electron chi connectivity index (χ0n) is 11.0. The maximum absolute atomic E-state index is 5.89. The molecule has 0 aliphatic rings. The van der Waals surface area contributed by atoms with Gasteiger partial charge in [-0.3, -0.25) is 0 Å². The summed E-state index contributed by atoms with van der Waals surface area (Å²) in [7, 11) is 1.99. The van der Waals surface area contributed by atoms with Gasteiger partial charge in [-0.25, -0.2) is 9.97 Å². The molecule has 4 nitrogen and oxygen atoms in total. The van der Waals surface area contributed by atoms with E-state index in [1.54, 1.807) is 0 Å². The van der Waals surface area contributed by atoms with Gasteiger partial charge >= 0.3 is 0 Å². The minimum Gasteiger partial charge on any atom is -0.383 e. The Hall–Kier alpha value is -2.10. The number of nitrogen functional groups attached to an aromatic ring is 1. The molecule has 0 aliphatic carbocycles. The highest BCUT2D eigenvalue weighted by Gasteiger charge is 2.12. The molecule has 1 aromatic heterocycles. The van der Waals surface area contributed by atoms with Crippen LogP contribution in [0.2, 0.25) is 0 Å². The highest BCUT2D eigenvalue weighted by Crippen LogP contribution is 2.27. The molecule has 0 aliphatic heterocycles. The zero-order chi connectivity index (χ0) is 13.1. The average molecular weight is 242 g/mol. The second-order valence-electron chi connectivity index (χ2n) is 4.31. The summed E-state index contributed by atoms with van der Waals surface area (Å²) in [5.41, 5.74) is 9.21. The first-order chi connectivity index (χ1) is 8.63. The summed E-state index contributed by atoms with van der Waals surface area (Å²) >= 11 is 0. The molecule has 18 heavy (non-hydrogen) atoms. The van der Waals surface area contributed by atoms with Crippen LogP contribution in [0.4, 0.5) is 17.3 Å². The van der Waals surface area contributed by atoms with Crippen molar-refractivity contribution < 1.29 is 0 Å². The Labute approximate surface area is 107 Å². The van der Waals surface area contributed by atoms with E-state index in [1.165, 1.54) is 11.9 Å². The number of hydrogen-bond donors (Lipinski definition) is 1. The van der Waals surface area contributed by atoms with Gasteiger partial charge in [-0.15, -0.1) is 0 Å². The van der Waals surface area contributed by atoms with Crippen LogP contribution < -0.4 is 10.6 Å². The number of hydrogen-bond acceptors (Lipinski definition) is 4. The maximum Gasteiger partial charge on any atom is 0.141 e. The molecular formula is C14H18N4. The van der Waals surface area contributed by atoms with Crippen molar-refractivity contribution in [2.75, 3.05) is 17.7 Å². The molecule has 0 unspecified atom stereocenters. The van der Waals surface area contributed by atoms with Gasteiger partial charge in [0.15, 0.2) is 0 Å². The molecule has 0 bridgehead atoms. The van der Waals surface area contributed by atoms with E-state index in [0.717, 1.165) is 23.5 Å². The van der Waals surface area contributed by atoms with Crippen molar-refractivity contribution in [2.45, 2.75) is 20.3 Å². The Balaban J connectivity index is 2.42. The van der Waals surface area contributed by atoms with E-state index in [1.807, 2.05) is 11.9 Å². The first-order valence-corrected chi connectivity index (χ1v) is 6.03. The summed E-state index contributed by atoms with van der Waals surface area (Å²) in [4.78, 5) is 10.4. The monoisotopic (exact) mass is 242 g/mol. The Bertz CT molecular complexity index is 534. The number of nitrogens with zero attached hydrogens (tertiary/aromatic N) is 3. The average Bonchev–Trinajstić information content (AvgIpc) is 2.38. The Morgan fingerprint density at radius 1 is 1.17 bits per heavy atom. The Kier molecular flexibility index (Phi) is 3.46. The number of aromatic nitrogens is 2. The van der Waals surface area contributed by atoms with Gasteiger partial charge in [-0.05, 0) is 25.5 Å². The molecule has 2 aromatic rings. The summed E-state index contributed by atoms with van der Waals surface area (Å²) in [6.07, 6.45) is 2.33. The number of aryl methyl sites for hydroxylation is 1. The van der Waals surface area contributed by atoms with Gasteiger partial charge in [0.1, 0.15) is 18.0 Å². The van der Waals surface area contributed by atoms with E-state index >= 15 is 0 Å². The van der Waals surface area contributed by atoms with Crippen LogP contribution in [-0.2, 0) is 6.42 Å². The third-order valence-corrected chi connectivity index (χ3v) is 3.05. The third kappa shape index (κ3) is 2.27. The maximum atomic E-state index is 5.89. The molecule has 4 heteroatoms. The first-order valence-electron chi connectivity index (χ1n) is 6.03. The smallest absolute Gasteiger partial charge is 0.141 e. The van der Waals surface area contributed by atoms with Crippen molar-refractivity contribution in [1.82, 2.24) is 9.97 Å². The van der Waals surface area contributed by atoms with E-state index in [-0.39, 0.29) is 0 Å². The lowest BCUT2D eigenvalue weighted by Crippen LogP contribution is -2.15. The van der Waals surface area contributed by atoms with Crippen molar-refractivity contribution >= 4 is 17.3 Å². The van der Waals surface area contributed by atoms with Gasteiger partial charge in [0, 0.05) is 18.3 Å². The molecule has 0 atom stereocenters. The molecule has 94 valence electrons. The topological polar surface area (TPSA) is 55.0 Å². The highest BCUT2D eigenvalue weighted by molar-refractivity contribution is 5.66. The van der Waals surface area contributed by atoms with Crippen LogP contribution in [-0.4, -0.2) is 17.0 Å². The van der Waals surface area contributed by atoms with E-state index in [2.05, 4.69) is 48.1 Å². The largest absolute Gasteiger partial charge is 0.383 e. The van der Waals surface area contributed by atoms with Gasteiger partial charge < -0.3 is 10.6 Å². The van der Waals surface area contributed by atoms with Gasteiger partial charge in [0.25, 0.3) is 0 Å². The van der Waals surface area contributed by atoms with Crippen molar-refractivity contribution in [3.8, 4) is 0 Å². The van der Waals surface area contributed by atoms with Gasteiger partial charge in [-0.2, -0.15) is 0 Å². The molecule has 1 aromatic carbocycles. The molecule has 1 heterocycles. The van der Waals surface area contributed by atoms with Crippen LogP contribution in [0.3, 0.4) is 0 Å². The summed E-state index contributed by atoms with van der Waals surface area (Å²) in [5, 5.41) is 0. The standard InChI is InChI=1S/C14H18N4/c1-4-12-13(15)16-9-17-14(12)18(3)11-7-5-10(2)6-8-11/h5-9H,4H2,1-3H3,(H2,15,16,17). The second-order valence-corrected chi connectivity index (χ2v) is 4.31. The van der Waals surface area contributed by atoms with Gasteiger partial charge in [0.2, 0.25) is 0 Å². The third-order valence-electron chi connectivity index (χ3n) is 3.05. The SMILES string of the molecule is CCc1c(N)ncnc1N(C)c1ccc(C)cc1. The van der Waals surface area contributed by atoms with Crippen molar-refractivity contribution in [1.29, 1.82) is 0 Å². The molecule has 0 saturated carbocycles. The minimum atomic E-state index is 0.557. The lowest BCUT2D eigenvalue weighted by atomic mass is 10.2. The van der Waals surface area contributed by atoms with E-state index < -0.39 is 0 Å².